The molecular weight excluding hydrogens is 1550 g/mol. The molecular formula is C74H84Cl2N16O23. The third-order valence-electron chi connectivity index (χ3n) is 19.0. The third-order valence-corrected chi connectivity index (χ3v) is 19.6. The number of carboxylic acid groups (broad SMARTS) is 1. The Bertz CT molecular complexity index is 5000. The van der Waals surface area contributed by atoms with E-state index in [4.69, 9.17) is 73.9 Å². The monoisotopic (exact) mass is 1630 g/mol. The number of hydrogen-bond acceptors (Lipinski definition) is 31. The lowest BCUT2D eigenvalue weighted by molar-refractivity contribution is -0.139. The van der Waals surface area contributed by atoms with Crippen LogP contribution in [0.25, 0.3) is 22.1 Å². The minimum atomic E-state index is -1.48. The molecule has 4 fully saturated rings. The smallest absolute Gasteiger partial charge is 0.341 e. The van der Waals surface area contributed by atoms with Crippen LogP contribution in [0.4, 0.5) is 23.0 Å². The Labute approximate surface area is 663 Å². The highest BCUT2D eigenvalue weighted by molar-refractivity contribution is 6.32. The summed E-state index contributed by atoms with van der Waals surface area (Å²) in [5.74, 6) is -5.52. The number of carbonyl (C=O) groups is 10. The second-order valence-electron chi connectivity index (χ2n) is 26.2. The van der Waals surface area contributed by atoms with E-state index in [-0.39, 0.29) is 133 Å². The fourth-order valence-electron chi connectivity index (χ4n) is 13.5. The molecule has 115 heavy (non-hydrogen) atoms. The van der Waals surface area contributed by atoms with Gasteiger partial charge in [0.2, 0.25) is 23.6 Å². The van der Waals surface area contributed by atoms with Gasteiger partial charge in [0.1, 0.15) is 108 Å². The first-order valence-electron chi connectivity index (χ1n) is 35.1. The minimum Gasteiger partial charge on any atom is -0.482 e. The number of fused-ring (bicyclic) bond motifs is 4. The summed E-state index contributed by atoms with van der Waals surface area (Å²) in [6, 6.07) is 19.5. The number of nitrogens with two attached hydrogens (primary N) is 3. The number of halogens is 2. The number of nitrogens with zero attached hydrogens (tertiary/aromatic N) is 8. The van der Waals surface area contributed by atoms with Crippen LogP contribution in [0.15, 0.2) is 110 Å². The van der Waals surface area contributed by atoms with E-state index in [0.29, 0.717) is 59.7 Å². The summed E-state index contributed by atoms with van der Waals surface area (Å²) in [6.07, 6.45) is -7.11. The second-order valence-corrected chi connectivity index (χ2v) is 27.0. The molecule has 6 aliphatic heterocycles. The summed E-state index contributed by atoms with van der Waals surface area (Å²) in [5, 5.41) is 88.1. The summed E-state index contributed by atoms with van der Waals surface area (Å²) in [5.41, 5.74) is 20.0. The molecule has 0 bridgehead atoms. The maximum atomic E-state index is 13.2. The lowest BCUT2D eigenvalue weighted by Gasteiger charge is -2.27. The van der Waals surface area contributed by atoms with Gasteiger partial charge in [-0.25, -0.2) is 24.7 Å². The predicted octanol–water partition coefficient (Wildman–Crippen LogP) is 1.27. The number of aliphatic hydroxyl groups excluding tert-OH is 6. The number of carboxylic acids is 1. The van der Waals surface area contributed by atoms with Crippen LogP contribution in [-0.4, -0.2) is 248 Å². The van der Waals surface area contributed by atoms with Crippen molar-refractivity contribution in [1.29, 1.82) is 0 Å². The molecule has 4 aromatic heterocycles. The lowest BCUT2D eigenvalue weighted by atomic mass is 9.99. The van der Waals surface area contributed by atoms with Crippen molar-refractivity contribution in [2.24, 2.45) is 5.73 Å². The van der Waals surface area contributed by atoms with Crippen molar-refractivity contribution in [2.45, 2.75) is 114 Å². The van der Waals surface area contributed by atoms with Crippen LogP contribution >= 0.6 is 23.2 Å². The van der Waals surface area contributed by atoms with Gasteiger partial charge in [0, 0.05) is 62.8 Å². The largest absolute Gasteiger partial charge is 0.482 e. The standard InChI is InChI=1S/C36H37ClN8O11.C19H19ClN4O7.C17H20N4O5.2CH4/c37-20-5-4-17(27(48)30-28(49)29(50)36(56-30)44-11-8-19-31(38)41-16-42-32(19)44)14-23(20)55-15-25(47)40-10-13-54-12-9-39-21-3-1-2-18-26(21)35(53)45(34(18)52)22-6-7-24(46)43-33(22)51;20-10-2-1-8(5-11(10)30-6-12(25)26)13(27)16-14(28)15(29)19(31-16)24-4-3-9-17(21)22-7-23-18(9)24;18-6-8-26-9-7-19-11-3-1-2-10-14(11)17(25)21(16(10)24)12-4-5-13(22)20-15(12)23;;/h1-5,8,11,14,16,22,27-30,36,39,48-50H,6-7,9-10,12-13,15H2,(H,40,47)(H2,38,41,42)(H,43,46,51);1-5,7,13-16,19,27-29H,6H2,(H,25,26)(H2,21,22,23);1-3,12,19H,4-9,18H2,(H,20,22,23);2*1H4/t22?,27-,28+,29-,30-,36-;13-,14+,15-,16-,19-;;;/m11.../s1. The van der Waals surface area contributed by atoms with Gasteiger partial charge in [0.05, 0.1) is 69.5 Å². The number of aliphatic carboxylic acids is 1. The molecule has 14 rings (SSSR count). The number of amides is 9. The highest BCUT2D eigenvalue weighted by Crippen LogP contribution is 2.43. The second kappa shape index (κ2) is 37.7. The fourth-order valence-corrected chi connectivity index (χ4v) is 13.8. The van der Waals surface area contributed by atoms with Gasteiger partial charge in [-0.1, -0.05) is 62.3 Å². The molecule has 0 spiro atoms. The zero-order chi connectivity index (χ0) is 80.6. The van der Waals surface area contributed by atoms with Crippen molar-refractivity contribution in [3.8, 4) is 11.5 Å². The molecule has 0 radical (unpaired) electrons. The van der Waals surface area contributed by atoms with Crippen LogP contribution in [0.2, 0.25) is 10.0 Å². The van der Waals surface area contributed by atoms with Gasteiger partial charge in [0.25, 0.3) is 29.5 Å². The molecule has 0 aliphatic carbocycles. The maximum absolute atomic E-state index is 13.2. The first-order chi connectivity index (χ1) is 54.3. The molecule has 2 unspecified atom stereocenters. The van der Waals surface area contributed by atoms with E-state index in [0.717, 1.165) is 9.80 Å². The third kappa shape index (κ3) is 18.4. The highest BCUT2D eigenvalue weighted by atomic mass is 35.5. The normalized spacial score (nSPS) is 22.0. The Morgan fingerprint density at radius 3 is 1.42 bits per heavy atom. The van der Waals surface area contributed by atoms with Crippen LogP contribution in [0.3, 0.4) is 0 Å². The Morgan fingerprint density at radius 1 is 0.565 bits per heavy atom. The molecule has 8 aromatic rings. The first kappa shape index (κ1) is 86.0. The van der Waals surface area contributed by atoms with Crippen LogP contribution in [0, 0.1) is 0 Å². The van der Waals surface area contributed by atoms with E-state index in [2.05, 4.69) is 46.5 Å². The molecule has 0 saturated carbocycles. The van der Waals surface area contributed by atoms with Crippen molar-refractivity contribution in [2.75, 3.05) is 87.9 Å². The topological polar surface area (TPSA) is 574 Å². The maximum Gasteiger partial charge on any atom is 0.341 e. The van der Waals surface area contributed by atoms with Crippen molar-refractivity contribution in [3.63, 3.8) is 0 Å². The number of nitrogen functional groups attached to an aromatic ring is 2. The van der Waals surface area contributed by atoms with Crippen LogP contribution < -0.4 is 53.3 Å². The number of imide groups is 4. The minimum absolute atomic E-state index is 0. The van der Waals surface area contributed by atoms with Gasteiger partial charge in [-0.05, 0) is 84.6 Å². The van der Waals surface area contributed by atoms with Gasteiger partial charge < -0.3 is 106 Å². The summed E-state index contributed by atoms with van der Waals surface area (Å²) in [6.45, 7) is 1.38. The molecule has 41 heteroatoms. The number of carbonyl (C=O) groups excluding carboxylic acids is 9. The molecule has 18 N–H and O–H groups in total. The van der Waals surface area contributed by atoms with Gasteiger partial charge in [0.15, 0.2) is 25.7 Å². The van der Waals surface area contributed by atoms with Gasteiger partial charge in [-0.2, -0.15) is 0 Å². The number of benzene rings is 4. The molecule has 9 amide bonds. The lowest BCUT2D eigenvalue weighted by Crippen LogP contribution is -2.54. The number of rotatable bonds is 27. The molecule has 6 aliphatic rings. The molecule has 4 saturated heterocycles. The average Bonchev–Trinajstić information content (AvgIpc) is 1.62. The summed E-state index contributed by atoms with van der Waals surface area (Å²) < 4.78 is 36.3. The Morgan fingerprint density at radius 2 is 0.991 bits per heavy atom. The van der Waals surface area contributed by atoms with E-state index >= 15 is 0 Å². The number of ether oxygens (including phenoxy) is 6. The Kier molecular flexibility index (Phi) is 28.2. The van der Waals surface area contributed by atoms with Crippen LogP contribution in [0.5, 0.6) is 11.5 Å². The van der Waals surface area contributed by atoms with Gasteiger partial charge >= 0.3 is 5.97 Å². The zero-order valence-electron chi connectivity index (χ0n) is 59.4. The quantitative estimate of drug-likeness (QED) is 0.0255. The fraction of sp³-hybridized carbons (Fsp3) is 0.378. The van der Waals surface area contributed by atoms with E-state index in [1.54, 1.807) is 54.9 Å². The number of hydrogen-bond donors (Lipinski definition) is 15. The molecule has 4 aromatic carbocycles. The number of nitrogens with one attached hydrogen (secondary N) is 5. The zero-order valence-corrected chi connectivity index (χ0v) is 61.0. The van der Waals surface area contributed by atoms with E-state index in [9.17, 15) is 78.6 Å². The highest BCUT2D eigenvalue weighted by Gasteiger charge is 2.51. The van der Waals surface area contributed by atoms with Crippen molar-refractivity contribution in [3.05, 3.63) is 153 Å². The molecule has 10 heterocycles. The molecule has 612 valence electrons. The number of anilines is 4. The summed E-state index contributed by atoms with van der Waals surface area (Å²) in [7, 11) is 0. The van der Waals surface area contributed by atoms with E-state index in [1.165, 1.54) is 64.3 Å². The molecule has 12 atom stereocenters. The van der Waals surface area contributed by atoms with Gasteiger partial charge in [-0.15, -0.1) is 0 Å². The number of aliphatic hydroxyl groups is 6. The van der Waals surface area contributed by atoms with Gasteiger partial charge in [-0.3, -0.25) is 63.6 Å². The SMILES string of the molecule is C.C.NCCOCCNc1cccc2c1C(=O)N(C1CCC(=O)NC1=O)C2=O.Nc1ncnc2c1ccn2[C@@H]1O[C@H]([C@H](O)c2ccc(Cl)c(OCC(=O)NCCOCCNc3cccc4c3C(=O)N(C3CCC(=O)NC3=O)C4=O)c2)[C@@H](O)[C@H]1O.Nc1ncnc2c1ccn2[C@@H]1O[C@H]([C@H](O)c2ccc(Cl)c(OCC(=O)O)c2)[C@@H](O)[C@H]1O. The van der Waals surface area contributed by atoms with E-state index in [1.807, 2.05) is 0 Å². The van der Waals surface area contributed by atoms with Crippen molar-refractivity contribution in [1.82, 2.24) is 54.8 Å². The Hall–Kier alpha value is -11.4. The molecule has 39 nitrogen and oxygen atoms in total. The number of aromatic nitrogens is 6. The van der Waals surface area contributed by atoms with Crippen molar-refractivity contribution >= 4 is 127 Å². The van der Waals surface area contributed by atoms with Crippen molar-refractivity contribution < 1.29 is 112 Å². The predicted molar refractivity (Wildman–Crippen MR) is 408 cm³/mol. The van der Waals surface area contributed by atoms with Crippen LogP contribution in [-0.2, 0) is 47.7 Å². The van der Waals surface area contributed by atoms with E-state index < -0.39 is 146 Å². The Balaban J connectivity index is 0.000000200. The number of piperidine rings is 2. The summed E-state index contributed by atoms with van der Waals surface area (Å²) in [4.78, 5) is 140. The average molecular weight is 1640 g/mol. The summed E-state index contributed by atoms with van der Waals surface area (Å²) >= 11 is 12.3. The van der Waals surface area contributed by atoms with Crippen LogP contribution in [0.1, 0.15) is 118 Å². The first-order valence-corrected chi connectivity index (χ1v) is 35.9.